The van der Waals surface area contributed by atoms with Gasteiger partial charge in [-0.1, -0.05) is 31.5 Å². The number of unbranched alkanes of at least 4 members (excludes halogenated alkanes) is 1. The first kappa shape index (κ1) is 23.8. The van der Waals surface area contributed by atoms with Crippen molar-refractivity contribution in [3.63, 3.8) is 0 Å². The molecule has 1 heterocycles. The van der Waals surface area contributed by atoms with Crippen molar-refractivity contribution in [2.45, 2.75) is 53.4 Å². The molecule has 0 atom stereocenters. The third kappa shape index (κ3) is 6.57. The number of aromatic nitrogens is 1. The van der Waals surface area contributed by atoms with E-state index in [1.807, 2.05) is 30.5 Å². The number of anilines is 1. The largest absolute Gasteiger partial charge is 0.490 e. The summed E-state index contributed by atoms with van der Waals surface area (Å²) in [6.07, 6.45) is 3.09. The Morgan fingerprint density at radius 3 is 2.62 bits per heavy atom. The number of hydrogen-bond donors (Lipinski definition) is 1. The van der Waals surface area contributed by atoms with Crippen LogP contribution in [-0.4, -0.2) is 24.1 Å². The molecule has 0 aliphatic rings. The van der Waals surface area contributed by atoms with E-state index in [0.717, 1.165) is 41.2 Å². The fourth-order valence-corrected chi connectivity index (χ4v) is 3.96. The number of aryl methyl sites for hydroxylation is 3. The van der Waals surface area contributed by atoms with E-state index in [0.29, 0.717) is 31.2 Å². The smallest absolute Gasteiger partial charge is 0.226 e. The third-order valence-corrected chi connectivity index (χ3v) is 6.02. The third-order valence-electron chi connectivity index (χ3n) is 5.26. The predicted octanol–water partition coefficient (Wildman–Crippen LogP) is 6.58. The van der Waals surface area contributed by atoms with Crippen LogP contribution in [0.5, 0.6) is 11.5 Å². The van der Waals surface area contributed by atoms with Crippen LogP contribution in [0.4, 0.5) is 5.13 Å². The standard InChI is InChI=1S/C26H32N2O3S/c1-5-7-14-31-23-12-9-20(16-24(23)30-6-2)10-13-25(29)28-26-27-22(17-32-26)21-11-8-18(3)19(4)15-21/h8-9,11-12,15-17H,5-7,10,13-14H2,1-4H3,(H,27,28,29). The van der Waals surface area contributed by atoms with Gasteiger partial charge in [-0.25, -0.2) is 4.98 Å². The Hall–Kier alpha value is -2.86. The molecule has 2 aromatic carbocycles. The number of ether oxygens (including phenoxy) is 2. The highest BCUT2D eigenvalue weighted by molar-refractivity contribution is 7.14. The fourth-order valence-electron chi connectivity index (χ4n) is 3.23. The van der Waals surface area contributed by atoms with Gasteiger partial charge in [0.2, 0.25) is 5.91 Å². The number of carbonyl (C=O) groups is 1. The van der Waals surface area contributed by atoms with Crippen LogP contribution in [0.3, 0.4) is 0 Å². The van der Waals surface area contributed by atoms with Crippen LogP contribution in [0.2, 0.25) is 0 Å². The van der Waals surface area contributed by atoms with Gasteiger partial charge in [0.1, 0.15) is 0 Å². The quantitative estimate of drug-likeness (QED) is 0.334. The molecule has 3 rings (SSSR count). The zero-order valence-corrected chi connectivity index (χ0v) is 20.2. The molecule has 0 aliphatic heterocycles. The first-order valence-electron chi connectivity index (χ1n) is 11.2. The Bertz CT molecular complexity index is 1050. The normalized spacial score (nSPS) is 10.8. The molecule has 3 aromatic rings. The minimum atomic E-state index is -0.0489. The topological polar surface area (TPSA) is 60.5 Å². The minimum Gasteiger partial charge on any atom is -0.490 e. The first-order chi connectivity index (χ1) is 15.5. The lowest BCUT2D eigenvalue weighted by atomic mass is 10.1. The molecule has 0 saturated carbocycles. The van der Waals surface area contributed by atoms with Crippen LogP contribution in [0.15, 0.2) is 41.8 Å². The molecule has 0 aliphatic carbocycles. The van der Waals surface area contributed by atoms with E-state index in [1.165, 1.54) is 22.5 Å². The minimum absolute atomic E-state index is 0.0489. The number of nitrogens with one attached hydrogen (secondary N) is 1. The highest BCUT2D eigenvalue weighted by Crippen LogP contribution is 2.30. The average molecular weight is 453 g/mol. The Morgan fingerprint density at radius 1 is 1.03 bits per heavy atom. The summed E-state index contributed by atoms with van der Waals surface area (Å²) in [6, 6.07) is 12.2. The molecule has 6 heteroatoms. The van der Waals surface area contributed by atoms with Crippen LogP contribution >= 0.6 is 11.3 Å². The van der Waals surface area contributed by atoms with Gasteiger partial charge in [0.25, 0.3) is 0 Å². The number of amides is 1. The number of rotatable bonds is 11. The van der Waals surface area contributed by atoms with E-state index in [1.54, 1.807) is 0 Å². The molecule has 0 spiro atoms. The van der Waals surface area contributed by atoms with Gasteiger partial charge in [-0.2, -0.15) is 0 Å². The summed E-state index contributed by atoms with van der Waals surface area (Å²) in [7, 11) is 0. The second-order valence-electron chi connectivity index (χ2n) is 7.80. The van der Waals surface area contributed by atoms with Crippen LogP contribution in [0.1, 0.15) is 49.8 Å². The molecule has 0 bridgehead atoms. The van der Waals surface area contributed by atoms with Crippen LogP contribution < -0.4 is 14.8 Å². The summed E-state index contributed by atoms with van der Waals surface area (Å²) < 4.78 is 11.6. The van der Waals surface area contributed by atoms with Crippen molar-refractivity contribution >= 4 is 22.4 Å². The lowest BCUT2D eigenvalue weighted by molar-refractivity contribution is -0.116. The molecule has 170 valence electrons. The fraction of sp³-hybridized carbons (Fsp3) is 0.385. The summed E-state index contributed by atoms with van der Waals surface area (Å²) in [5.74, 6) is 1.45. The van der Waals surface area contributed by atoms with Crippen molar-refractivity contribution in [2.75, 3.05) is 18.5 Å². The maximum atomic E-state index is 12.5. The Morgan fingerprint density at radius 2 is 1.88 bits per heavy atom. The lowest BCUT2D eigenvalue weighted by Crippen LogP contribution is -2.12. The monoisotopic (exact) mass is 452 g/mol. The van der Waals surface area contributed by atoms with Crippen LogP contribution in [0.25, 0.3) is 11.3 Å². The van der Waals surface area contributed by atoms with Crippen molar-refractivity contribution < 1.29 is 14.3 Å². The Labute approximate surface area is 194 Å². The molecular formula is C26H32N2O3S. The number of nitrogens with zero attached hydrogens (tertiary/aromatic N) is 1. The van der Waals surface area contributed by atoms with Gasteiger partial charge in [0.05, 0.1) is 18.9 Å². The van der Waals surface area contributed by atoms with E-state index in [2.05, 4.69) is 49.3 Å². The molecule has 1 N–H and O–H groups in total. The first-order valence-corrected chi connectivity index (χ1v) is 12.1. The SMILES string of the molecule is CCCCOc1ccc(CCC(=O)Nc2nc(-c3ccc(C)c(C)c3)cs2)cc1OCC. The Balaban J connectivity index is 1.57. The van der Waals surface area contributed by atoms with Crippen molar-refractivity contribution in [2.24, 2.45) is 0 Å². The van der Waals surface area contributed by atoms with Crippen molar-refractivity contribution in [1.82, 2.24) is 4.98 Å². The number of benzene rings is 2. The highest BCUT2D eigenvalue weighted by atomic mass is 32.1. The zero-order valence-electron chi connectivity index (χ0n) is 19.4. The van der Waals surface area contributed by atoms with Gasteiger partial charge in [0.15, 0.2) is 16.6 Å². The van der Waals surface area contributed by atoms with E-state index < -0.39 is 0 Å². The molecule has 0 unspecified atom stereocenters. The molecule has 1 aromatic heterocycles. The highest BCUT2D eigenvalue weighted by Gasteiger charge is 2.11. The van der Waals surface area contributed by atoms with Crippen molar-refractivity contribution in [3.8, 4) is 22.8 Å². The molecule has 5 nitrogen and oxygen atoms in total. The van der Waals surface area contributed by atoms with Gasteiger partial charge < -0.3 is 14.8 Å². The van der Waals surface area contributed by atoms with Crippen LogP contribution in [-0.2, 0) is 11.2 Å². The number of hydrogen-bond acceptors (Lipinski definition) is 5. The molecule has 1 amide bonds. The van der Waals surface area contributed by atoms with E-state index in [9.17, 15) is 4.79 Å². The maximum absolute atomic E-state index is 12.5. The molecular weight excluding hydrogens is 420 g/mol. The van der Waals surface area contributed by atoms with E-state index >= 15 is 0 Å². The molecule has 0 fully saturated rings. The maximum Gasteiger partial charge on any atom is 0.226 e. The van der Waals surface area contributed by atoms with Crippen molar-refractivity contribution in [1.29, 1.82) is 0 Å². The Kier molecular flexibility index (Phi) is 8.68. The molecule has 32 heavy (non-hydrogen) atoms. The summed E-state index contributed by atoms with van der Waals surface area (Å²) in [4.78, 5) is 17.1. The summed E-state index contributed by atoms with van der Waals surface area (Å²) in [5, 5.41) is 5.53. The van der Waals surface area contributed by atoms with Gasteiger partial charge in [-0.3, -0.25) is 4.79 Å². The summed E-state index contributed by atoms with van der Waals surface area (Å²) >= 11 is 1.45. The average Bonchev–Trinajstić information content (AvgIpc) is 3.24. The van der Waals surface area contributed by atoms with Gasteiger partial charge in [-0.15, -0.1) is 11.3 Å². The van der Waals surface area contributed by atoms with Crippen molar-refractivity contribution in [3.05, 3.63) is 58.5 Å². The second-order valence-corrected chi connectivity index (χ2v) is 8.66. The van der Waals surface area contributed by atoms with Gasteiger partial charge in [-0.05, 0) is 68.5 Å². The number of thiazole rings is 1. The zero-order chi connectivity index (χ0) is 22.9. The van der Waals surface area contributed by atoms with Crippen LogP contribution in [0, 0.1) is 13.8 Å². The molecule has 0 saturated heterocycles. The van der Waals surface area contributed by atoms with E-state index in [4.69, 9.17) is 9.47 Å². The van der Waals surface area contributed by atoms with Gasteiger partial charge >= 0.3 is 0 Å². The lowest BCUT2D eigenvalue weighted by Gasteiger charge is -2.13. The van der Waals surface area contributed by atoms with E-state index in [-0.39, 0.29) is 5.91 Å². The summed E-state index contributed by atoms with van der Waals surface area (Å²) in [5.41, 5.74) is 5.48. The second kappa shape index (κ2) is 11.7. The predicted molar refractivity (Wildman–Crippen MR) is 132 cm³/mol. The summed E-state index contributed by atoms with van der Waals surface area (Å²) in [6.45, 7) is 9.52. The number of carbonyl (C=O) groups excluding carboxylic acids is 1. The van der Waals surface area contributed by atoms with Gasteiger partial charge in [0, 0.05) is 17.4 Å². The molecule has 0 radical (unpaired) electrons.